The number of hydrogen-bond donors (Lipinski definition) is 1. The summed E-state index contributed by atoms with van der Waals surface area (Å²) in [4.78, 5) is 40.0. The van der Waals surface area contributed by atoms with E-state index in [0.717, 1.165) is 6.54 Å². The van der Waals surface area contributed by atoms with Gasteiger partial charge in [-0.15, -0.1) is 0 Å². The van der Waals surface area contributed by atoms with E-state index in [-0.39, 0.29) is 18.5 Å². The number of fused-ring (bicyclic) bond motifs is 1. The Morgan fingerprint density at radius 3 is 2.81 bits per heavy atom. The van der Waals surface area contributed by atoms with Gasteiger partial charge in [-0.2, -0.15) is 0 Å². The molecule has 0 bridgehead atoms. The highest BCUT2D eigenvalue weighted by molar-refractivity contribution is 6.42. The van der Waals surface area contributed by atoms with E-state index < -0.39 is 11.7 Å². The zero-order chi connectivity index (χ0) is 15.0. The van der Waals surface area contributed by atoms with Crippen molar-refractivity contribution in [3.05, 3.63) is 24.0 Å². The fourth-order valence-corrected chi connectivity index (χ4v) is 2.91. The van der Waals surface area contributed by atoms with Crippen LogP contribution in [0.15, 0.2) is 18.3 Å². The lowest BCUT2D eigenvalue weighted by Gasteiger charge is -2.42. The molecule has 1 N–H and O–H groups in total. The number of amides is 2. The summed E-state index contributed by atoms with van der Waals surface area (Å²) in [7, 11) is 1.73. The van der Waals surface area contributed by atoms with Crippen molar-refractivity contribution < 1.29 is 14.4 Å². The summed E-state index contributed by atoms with van der Waals surface area (Å²) in [6.45, 7) is 2.83. The zero-order valence-corrected chi connectivity index (χ0v) is 11.9. The summed E-state index contributed by atoms with van der Waals surface area (Å²) in [5.41, 5.74) is 0.371. The maximum atomic E-state index is 12.3. The van der Waals surface area contributed by atoms with E-state index in [0.29, 0.717) is 25.3 Å². The quantitative estimate of drug-likeness (QED) is 0.551. The number of carbonyl (C=O) groups is 3. The van der Waals surface area contributed by atoms with Crippen molar-refractivity contribution in [1.82, 2.24) is 19.7 Å². The number of ketones is 1. The van der Waals surface area contributed by atoms with Gasteiger partial charge in [-0.1, -0.05) is 0 Å². The second-order valence-corrected chi connectivity index (χ2v) is 5.43. The summed E-state index contributed by atoms with van der Waals surface area (Å²) in [5, 5.41) is 2.80. The Balaban J connectivity index is 1.72. The molecule has 2 fully saturated rings. The van der Waals surface area contributed by atoms with Crippen molar-refractivity contribution in [2.45, 2.75) is 6.04 Å². The summed E-state index contributed by atoms with van der Waals surface area (Å²) >= 11 is 0. The van der Waals surface area contributed by atoms with Crippen LogP contribution in [0.5, 0.6) is 0 Å². The molecule has 3 rings (SSSR count). The minimum Gasteiger partial charge on any atom is -0.353 e. The van der Waals surface area contributed by atoms with E-state index in [1.54, 1.807) is 29.9 Å². The maximum Gasteiger partial charge on any atom is 0.296 e. The number of aromatic nitrogens is 1. The second-order valence-electron chi connectivity index (χ2n) is 5.43. The maximum absolute atomic E-state index is 12.3. The molecule has 2 aliphatic rings. The molecule has 21 heavy (non-hydrogen) atoms. The van der Waals surface area contributed by atoms with Gasteiger partial charge in [0.1, 0.15) is 6.04 Å². The van der Waals surface area contributed by atoms with E-state index >= 15 is 0 Å². The largest absolute Gasteiger partial charge is 0.353 e. The first-order chi connectivity index (χ1) is 10.1. The van der Waals surface area contributed by atoms with Gasteiger partial charge >= 0.3 is 0 Å². The van der Waals surface area contributed by atoms with Crippen LogP contribution in [0.4, 0.5) is 0 Å². The van der Waals surface area contributed by atoms with E-state index in [2.05, 4.69) is 10.2 Å². The Morgan fingerprint density at radius 2 is 2.10 bits per heavy atom. The molecule has 0 radical (unpaired) electrons. The standard InChI is InChI=1S/C14H18N4O3/c1-16-5-2-3-10(16)12(19)14(21)18-8-7-17-6-4-15-13(20)11(17)9-18/h2-3,5,11H,4,6-9H2,1H3,(H,15,20)/t11-/m1/s1. The molecule has 0 saturated carbocycles. The number of nitrogens with zero attached hydrogens (tertiary/aromatic N) is 3. The summed E-state index contributed by atoms with van der Waals surface area (Å²) in [5.74, 6) is -1.12. The molecule has 2 amide bonds. The highest BCUT2D eigenvalue weighted by Crippen LogP contribution is 2.14. The lowest BCUT2D eigenvalue weighted by molar-refractivity contribution is -0.137. The molecule has 2 saturated heterocycles. The fraction of sp³-hybridized carbons (Fsp3) is 0.500. The molecule has 7 heteroatoms. The summed E-state index contributed by atoms with van der Waals surface area (Å²) in [6, 6.07) is 3.02. The second kappa shape index (κ2) is 5.33. The molecule has 3 heterocycles. The summed E-state index contributed by atoms with van der Waals surface area (Å²) < 4.78 is 1.63. The number of rotatable bonds is 2. The minimum absolute atomic E-state index is 0.0648. The van der Waals surface area contributed by atoms with Gasteiger partial charge in [0.2, 0.25) is 5.91 Å². The van der Waals surface area contributed by atoms with Crippen LogP contribution in [0.1, 0.15) is 10.5 Å². The first-order valence-corrected chi connectivity index (χ1v) is 7.04. The Hall–Kier alpha value is -2.15. The number of hydrogen-bond acceptors (Lipinski definition) is 4. The number of carbonyl (C=O) groups excluding carboxylic acids is 3. The molecular weight excluding hydrogens is 272 g/mol. The van der Waals surface area contributed by atoms with Gasteiger partial charge in [-0.05, 0) is 12.1 Å². The normalized spacial score (nSPS) is 22.6. The first kappa shape index (κ1) is 13.8. The zero-order valence-electron chi connectivity index (χ0n) is 11.9. The van der Waals surface area contributed by atoms with E-state index in [9.17, 15) is 14.4 Å². The van der Waals surface area contributed by atoms with Crippen molar-refractivity contribution in [1.29, 1.82) is 0 Å². The molecule has 1 atom stereocenters. The predicted molar refractivity (Wildman–Crippen MR) is 74.7 cm³/mol. The molecule has 1 aromatic heterocycles. The van der Waals surface area contributed by atoms with Gasteiger partial charge in [0.15, 0.2) is 0 Å². The Bertz CT molecular complexity index is 595. The molecule has 7 nitrogen and oxygen atoms in total. The van der Waals surface area contributed by atoms with Crippen molar-refractivity contribution in [2.24, 2.45) is 7.05 Å². The average molecular weight is 290 g/mol. The highest BCUT2D eigenvalue weighted by atomic mass is 16.2. The van der Waals surface area contributed by atoms with Crippen LogP contribution in [-0.4, -0.2) is 70.7 Å². The van der Waals surface area contributed by atoms with Crippen LogP contribution in [0.2, 0.25) is 0 Å². The monoisotopic (exact) mass is 290 g/mol. The Morgan fingerprint density at radius 1 is 1.29 bits per heavy atom. The molecule has 0 aromatic carbocycles. The molecule has 112 valence electrons. The number of nitrogens with one attached hydrogen (secondary N) is 1. The van der Waals surface area contributed by atoms with Gasteiger partial charge in [0.05, 0.1) is 5.69 Å². The number of piperazine rings is 2. The average Bonchev–Trinajstić information content (AvgIpc) is 2.92. The minimum atomic E-state index is -0.533. The van der Waals surface area contributed by atoms with Gasteiger partial charge in [-0.25, -0.2) is 0 Å². The molecule has 0 aliphatic carbocycles. The van der Waals surface area contributed by atoms with Gasteiger partial charge in [0.25, 0.3) is 11.7 Å². The smallest absolute Gasteiger partial charge is 0.296 e. The van der Waals surface area contributed by atoms with Crippen LogP contribution in [-0.2, 0) is 16.6 Å². The molecule has 0 spiro atoms. The third kappa shape index (κ3) is 2.44. The Labute approximate surface area is 122 Å². The lowest BCUT2D eigenvalue weighted by atomic mass is 10.1. The fourth-order valence-electron chi connectivity index (χ4n) is 2.91. The van der Waals surface area contributed by atoms with Crippen LogP contribution in [0.3, 0.4) is 0 Å². The molecule has 2 aliphatic heterocycles. The molecule has 0 unspecified atom stereocenters. The van der Waals surface area contributed by atoms with Crippen molar-refractivity contribution in [2.75, 3.05) is 32.7 Å². The number of aryl methyl sites for hydroxylation is 1. The highest BCUT2D eigenvalue weighted by Gasteiger charge is 2.38. The first-order valence-electron chi connectivity index (χ1n) is 7.04. The van der Waals surface area contributed by atoms with Crippen molar-refractivity contribution >= 4 is 17.6 Å². The SMILES string of the molecule is Cn1cccc1C(=O)C(=O)N1CCN2CCNC(=O)[C@H]2C1. The number of Topliss-reactive ketones (excluding diaryl/α,β-unsaturated/α-hetero) is 1. The van der Waals surface area contributed by atoms with Crippen LogP contribution < -0.4 is 5.32 Å². The van der Waals surface area contributed by atoms with E-state index in [4.69, 9.17) is 0 Å². The lowest BCUT2D eigenvalue weighted by Crippen LogP contribution is -2.65. The Kier molecular flexibility index (Phi) is 3.50. The van der Waals surface area contributed by atoms with Crippen molar-refractivity contribution in [3.63, 3.8) is 0 Å². The van der Waals surface area contributed by atoms with Crippen LogP contribution in [0.25, 0.3) is 0 Å². The third-order valence-electron chi connectivity index (χ3n) is 4.15. The summed E-state index contributed by atoms with van der Waals surface area (Å²) in [6.07, 6.45) is 1.73. The van der Waals surface area contributed by atoms with Gasteiger partial charge in [0, 0.05) is 46.0 Å². The van der Waals surface area contributed by atoms with Crippen LogP contribution >= 0.6 is 0 Å². The molecular formula is C14H18N4O3. The van der Waals surface area contributed by atoms with E-state index in [1.807, 2.05) is 0 Å². The van der Waals surface area contributed by atoms with Crippen LogP contribution in [0, 0.1) is 0 Å². The molecule has 1 aromatic rings. The van der Waals surface area contributed by atoms with Gasteiger partial charge in [-0.3, -0.25) is 19.3 Å². The predicted octanol–water partition coefficient (Wildman–Crippen LogP) is -1.15. The van der Waals surface area contributed by atoms with E-state index in [1.165, 1.54) is 4.90 Å². The topological polar surface area (TPSA) is 74.7 Å². The van der Waals surface area contributed by atoms with Crippen molar-refractivity contribution in [3.8, 4) is 0 Å². The third-order valence-corrected chi connectivity index (χ3v) is 4.15. The van der Waals surface area contributed by atoms with Gasteiger partial charge < -0.3 is 14.8 Å².